The van der Waals surface area contributed by atoms with Crippen LogP contribution < -0.4 is 5.73 Å². The highest BCUT2D eigenvalue weighted by molar-refractivity contribution is 7.99. The van der Waals surface area contributed by atoms with E-state index in [4.69, 9.17) is 5.73 Å². The minimum absolute atomic E-state index is 0.162. The molecule has 2 aromatic rings. The Bertz CT molecular complexity index is 529. The topological polar surface area (TPSA) is 38.9 Å². The van der Waals surface area contributed by atoms with E-state index >= 15 is 0 Å². The fraction of sp³-hybridized carbons (Fsp3) is 0.400. The summed E-state index contributed by atoms with van der Waals surface area (Å²) in [6, 6.07) is 8.72. The van der Waals surface area contributed by atoms with Crippen LogP contribution in [0.15, 0.2) is 29.2 Å². The number of nitrogens with zero attached hydrogens (tertiary/aromatic N) is 1. The number of aromatic nitrogens is 1. The largest absolute Gasteiger partial charge is 0.327 e. The second kappa shape index (κ2) is 6.55. The third kappa shape index (κ3) is 4.34. The van der Waals surface area contributed by atoms with Crippen molar-refractivity contribution < 1.29 is 0 Å². The lowest BCUT2D eigenvalue weighted by Gasteiger charge is -2.09. The van der Waals surface area contributed by atoms with Crippen LogP contribution in [0.2, 0.25) is 0 Å². The molecule has 19 heavy (non-hydrogen) atoms. The molecule has 2 nitrogen and oxygen atoms in total. The molecule has 0 radical (unpaired) electrons. The number of aryl methyl sites for hydroxylation is 3. The quantitative estimate of drug-likeness (QED) is 0.853. The molecule has 2 rings (SSSR count). The molecule has 0 aliphatic carbocycles. The average molecular weight is 292 g/mol. The molecule has 0 fully saturated rings. The Hall–Kier alpha value is -0.840. The lowest BCUT2D eigenvalue weighted by atomic mass is 10.2. The third-order valence-electron chi connectivity index (χ3n) is 2.96. The van der Waals surface area contributed by atoms with Gasteiger partial charge in [0.05, 0.1) is 10.7 Å². The van der Waals surface area contributed by atoms with Gasteiger partial charge in [-0.2, -0.15) is 0 Å². The molecule has 1 unspecified atom stereocenters. The molecule has 0 spiro atoms. The van der Waals surface area contributed by atoms with Gasteiger partial charge in [-0.3, -0.25) is 0 Å². The number of hydrogen-bond donors (Lipinski definition) is 1. The summed E-state index contributed by atoms with van der Waals surface area (Å²) in [5.74, 6) is 0.932. The van der Waals surface area contributed by atoms with E-state index in [9.17, 15) is 0 Å². The van der Waals surface area contributed by atoms with E-state index in [0.29, 0.717) is 0 Å². The van der Waals surface area contributed by atoms with Crippen LogP contribution >= 0.6 is 23.1 Å². The van der Waals surface area contributed by atoms with E-state index < -0.39 is 0 Å². The first-order valence-corrected chi connectivity index (χ1v) is 8.23. The van der Waals surface area contributed by atoms with Gasteiger partial charge < -0.3 is 5.73 Å². The first-order valence-electron chi connectivity index (χ1n) is 6.42. The average Bonchev–Trinajstić information content (AvgIpc) is 2.66. The van der Waals surface area contributed by atoms with Crippen LogP contribution in [0.4, 0.5) is 0 Å². The molecule has 0 amide bonds. The highest BCUT2D eigenvalue weighted by Gasteiger charge is 2.09. The van der Waals surface area contributed by atoms with Gasteiger partial charge in [0.2, 0.25) is 0 Å². The lowest BCUT2D eigenvalue weighted by molar-refractivity contribution is 0.742. The fourth-order valence-corrected chi connectivity index (χ4v) is 3.81. The van der Waals surface area contributed by atoms with E-state index in [-0.39, 0.29) is 6.04 Å². The van der Waals surface area contributed by atoms with Crippen molar-refractivity contribution >= 4 is 23.1 Å². The number of nitrogens with two attached hydrogens (primary N) is 1. The van der Waals surface area contributed by atoms with Crippen LogP contribution in [-0.2, 0) is 6.42 Å². The molecule has 0 bridgehead atoms. The van der Waals surface area contributed by atoms with Crippen LogP contribution in [0.5, 0.6) is 0 Å². The minimum Gasteiger partial charge on any atom is -0.327 e. The summed E-state index contributed by atoms with van der Waals surface area (Å²) in [6.07, 6.45) is 0.873. The van der Waals surface area contributed by atoms with Gasteiger partial charge in [-0.05, 0) is 32.9 Å². The van der Waals surface area contributed by atoms with E-state index in [0.717, 1.165) is 22.9 Å². The Morgan fingerprint density at radius 3 is 2.74 bits per heavy atom. The van der Waals surface area contributed by atoms with Gasteiger partial charge in [0.25, 0.3) is 0 Å². The standard InChI is InChI=1S/C15H20N2S2/c1-10-5-4-6-14(7-10)18-9-13(16)8-15-17-11(2)12(3)19-15/h4-7,13H,8-9,16H2,1-3H3. The summed E-state index contributed by atoms with van der Waals surface area (Å²) in [7, 11) is 0. The first kappa shape index (κ1) is 14.6. The Kier molecular flexibility index (Phi) is 5.02. The van der Waals surface area contributed by atoms with Crippen molar-refractivity contribution in [3.63, 3.8) is 0 Å². The maximum atomic E-state index is 6.20. The van der Waals surface area contributed by atoms with Gasteiger partial charge in [0, 0.05) is 28.0 Å². The summed E-state index contributed by atoms with van der Waals surface area (Å²) in [5.41, 5.74) is 8.63. The molecule has 0 saturated carbocycles. The summed E-state index contributed by atoms with van der Waals surface area (Å²) >= 11 is 3.59. The monoisotopic (exact) mass is 292 g/mol. The smallest absolute Gasteiger partial charge is 0.0946 e. The lowest BCUT2D eigenvalue weighted by Crippen LogP contribution is -2.25. The van der Waals surface area contributed by atoms with Crippen LogP contribution in [0.25, 0.3) is 0 Å². The van der Waals surface area contributed by atoms with E-state index in [1.165, 1.54) is 15.3 Å². The van der Waals surface area contributed by atoms with Gasteiger partial charge in [0.1, 0.15) is 0 Å². The molecule has 102 valence electrons. The molecule has 0 aliphatic heterocycles. The van der Waals surface area contributed by atoms with Crippen molar-refractivity contribution in [3.8, 4) is 0 Å². The van der Waals surface area contributed by atoms with Gasteiger partial charge in [-0.25, -0.2) is 4.98 Å². The highest BCUT2D eigenvalue weighted by Crippen LogP contribution is 2.22. The number of benzene rings is 1. The normalized spacial score (nSPS) is 12.6. The van der Waals surface area contributed by atoms with Crippen molar-refractivity contribution in [1.29, 1.82) is 0 Å². The van der Waals surface area contributed by atoms with E-state index in [1.54, 1.807) is 11.3 Å². The van der Waals surface area contributed by atoms with Gasteiger partial charge in [-0.15, -0.1) is 23.1 Å². The molecule has 1 atom stereocenters. The van der Waals surface area contributed by atoms with Crippen LogP contribution in [0.3, 0.4) is 0 Å². The molecule has 1 aromatic carbocycles. The highest BCUT2D eigenvalue weighted by atomic mass is 32.2. The van der Waals surface area contributed by atoms with E-state index in [2.05, 4.69) is 50.0 Å². The molecule has 4 heteroatoms. The summed E-state index contributed by atoms with van der Waals surface area (Å²) in [6.45, 7) is 6.29. The zero-order chi connectivity index (χ0) is 13.8. The van der Waals surface area contributed by atoms with Gasteiger partial charge in [0.15, 0.2) is 0 Å². The SMILES string of the molecule is Cc1cccc(SCC(N)Cc2nc(C)c(C)s2)c1. The summed E-state index contributed by atoms with van der Waals surface area (Å²) in [5, 5.41) is 1.16. The van der Waals surface area contributed by atoms with Crippen LogP contribution in [0, 0.1) is 20.8 Å². The summed E-state index contributed by atoms with van der Waals surface area (Å²) in [4.78, 5) is 7.14. The third-order valence-corrected chi connectivity index (χ3v) is 5.24. The van der Waals surface area contributed by atoms with E-state index in [1.807, 2.05) is 11.8 Å². The van der Waals surface area contributed by atoms with Gasteiger partial charge in [-0.1, -0.05) is 17.7 Å². The zero-order valence-electron chi connectivity index (χ0n) is 11.6. The Morgan fingerprint density at radius 2 is 2.11 bits per heavy atom. The minimum atomic E-state index is 0.162. The molecule has 1 aromatic heterocycles. The Balaban J connectivity index is 1.86. The molecule has 2 N–H and O–H groups in total. The molecular formula is C15H20N2S2. The predicted molar refractivity (Wildman–Crippen MR) is 85.2 cm³/mol. The maximum Gasteiger partial charge on any atom is 0.0946 e. The van der Waals surface area contributed by atoms with Gasteiger partial charge >= 0.3 is 0 Å². The number of thioether (sulfide) groups is 1. The zero-order valence-corrected chi connectivity index (χ0v) is 13.3. The van der Waals surface area contributed by atoms with Crippen LogP contribution in [-0.4, -0.2) is 16.8 Å². The first-order chi connectivity index (χ1) is 9.04. The maximum absolute atomic E-state index is 6.20. The van der Waals surface area contributed by atoms with Crippen molar-refractivity contribution in [3.05, 3.63) is 45.4 Å². The Labute approximate surface area is 123 Å². The molecule has 0 aliphatic rings. The number of thiazole rings is 1. The fourth-order valence-electron chi connectivity index (χ4n) is 1.82. The second-order valence-electron chi connectivity index (χ2n) is 4.84. The molecule has 0 saturated heterocycles. The van der Waals surface area contributed by atoms with Crippen molar-refractivity contribution in [1.82, 2.24) is 4.98 Å². The number of hydrogen-bond acceptors (Lipinski definition) is 4. The van der Waals surface area contributed by atoms with Crippen molar-refractivity contribution in [2.75, 3.05) is 5.75 Å². The predicted octanol–water partition coefficient (Wildman–Crippen LogP) is 3.73. The van der Waals surface area contributed by atoms with Crippen LogP contribution in [0.1, 0.15) is 21.1 Å². The molecular weight excluding hydrogens is 272 g/mol. The Morgan fingerprint density at radius 1 is 1.32 bits per heavy atom. The number of rotatable bonds is 5. The van der Waals surface area contributed by atoms with Crippen molar-refractivity contribution in [2.24, 2.45) is 5.73 Å². The molecule has 1 heterocycles. The van der Waals surface area contributed by atoms with Crippen molar-refractivity contribution in [2.45, 2.75) is 38.1 Å². The second-order valence-corrected chi connectivity index (χ2v) is 7.22. The summed E-state index contributed by atoms with van der Waals surface area (Å²) < 4.78 is 0.